The first-order valence-corrected chi connectivity index (χ1v) is 8.50. The first-order valence-electron chi connectivity index (χ1n) is 8.50. The molecule has 0 aliphatic carbocycles. The number of anilines is 1. The molecule has 5 heteroatoms. The van der Waals surface area contributed by atoms with E-state index in [9.17, 15) is 10.1 Å². The molecular weight excluding hydrogens is 328 g/mol. The molecule has 1 heterocycles. The first-order chi connectivity index (χ1) is 12.8. The Kier molecular flexibility index (Phi) is 4.37. The molecule has 0 N–H and O–H groups in total. The Morgan fingerprint density at radius 2 is 1.27 bits per heavy atom. The van der Waals surface area contributed by atoms with Crippen LogP contribution in [0.3, 0.4) is 0 Å². The fourth-order valence-electron chi connectivity index (χ4n) is 3.46. The summed E-state index contributed by atoms with van der Waals surface area (Å²) in [5, 5.41) is 13.7. The molecule has 3 aromatic carbocycles. The maximum Gasteiger partial charge on any atom is 0.272 e. The molecular formula is C21H18N2O3. The summed E-state index contributed by atoms with van der Waals surface area (Å²) >= 11 is 0. The standard InChI is InChI=1S/C21H18N2O3/c24-23(25)20-19(16-10-4-1-5-11-16)22(18-14-8-3-9-15-18)26-21(20)17-12-6-2-7-13-17/h1-15,19-21H. The van der Waals surface area contributed by atoms with Gasteiger partial charge in [0, 0.05) is 4.92 Å². The first kappa shape index (κ1) is 16.3. The normalized spacial score (nSPS) is 22.3. The highest BCUT2D eigenvalue weighted by molar-refractivity contribution is 5.48. The summed E-state index contributed by atoms with van der Waals surface area (Å²) in [5.41, 5.74) is 2.46. The lowest BCUT2D eigenvalue weighted by Gasteiger charge is -2.24. The molecule has 5 nitrogen and oxygen atoms in total. The molecule has 1 aliphatic rings. The molecule has 26 heavy (non-hydrogen) atoms. The van der Waals surface area contributed by atoms with Crippen LogP contribution in [0.4, 0.5) is 5.69 Å². The number of rotatable bonds is 4. The minimum absolute atomic E-state index is 0.224. The van der Waals surface area contributed by atoms with Crippen molar-refractivity contribution in [1.82, 2.24) is 0 Å². The van der Waals surface area contributed by atoms with E-state index in [-0.39, 0.29) is 4.92 Å². The molecule has 0 radical (unpaired) electrons. The lowest BCUT2D eigenvalue weighted by atomic mass is 9.93. The molecule has 3 unspecified atom stereocenters. The molecule has 0 bridgehead atoms. The average molecular weight is 346 g/mol. The monoisotopic (exact) mass is 346 g/mol. The van der Waals surface area contributed by atoms with Crippen molar-refractivity contribution < 1.29 is 9.76 Å². The van der Waals surface area contributed by atoms with Gasteiger partial charge in [-0.3, -0.25) is 15.0 Å². The molecule has 0 amide bonds. The summed E-state index contributed by atoms with van der Waals surface area (Å²) < 4.78 is 0. The van der Waals surface area contributed by atoms with Crippen molar-refractivity contribution in [2.45, 2.75) is 18.2 Å². The van der Waals surface area contributed by atoms with Gasteiger partial charge in [-0.05, 0) is 23.3 Å². The van der Waals surface area contributed by atoms with E-state index in [4.69, 9.17) is 4.84 Å². The summed E-state index contributed by atoms with van der Waals surface area (Å²) in [5.74, 6) is 0. The topological polar surface area (TPSA) is 55.6 Å². The number of para-hydroxylation sites is 1. The van der Waals surface area contributed by atoms with Crippen LogP contribution in [0.2, 0.25) is 0 Å². The highest BCUT2D eigenvalue weighted by Gasteiger charge is 2.53. The molecule has 0 saturated carbocycles. The molecule has 3 aromatic rings. The van der Waals surface area contributed by atoms with Crippen molar-refractivity contribution in [3.8, 4) is 0 Å². The van der Waals surface area contributed by atoms with Crippen LogP contribution in [0.15, 0.2) is 91.0 Å². The summed E-state index contributed by atoms with van der Waals surface area (Å²) in [6.45, 7) is 0. The third-order valence-electron chi connectivity index (χ3n) is 4.64. The van der Waals surface area contributed by atoms with Gasteiger partial charge in [0.1, 0.15) is 0 Å². The van der Waals surface area contributed by atoms with Crippen molar-refractivity contribution in [3.05, 3.63) is 112 Å². The second kappa shape index (κ2) is 6.98. The molecule has 130 valence electrons. The van der Waals surface area contributed by atoms with Crippen molar-refractivity contribution >= 4 is 5.69 Å². The van der Waals surface area contributed by atoms with Crippen LogP contribution in [-0.4, -0.2) is 11.0 Å². The van der Waals surface area contributed by atoms with Crippen molar-refractivity contribution in [2.24, 2.45) is 0 Å². The van der Waals surface area contributed by atoms with E-state index in [0.29, 0.717) is 0 Å². The molecule has 1 fully saturated rings. The van der Waals surface area contributed by atoms with E-state index in [1.54, 1.807) is 5.06 Å². The molecule has 1 saturated heterocycles. The summed E-state index contributed by atoms with van der Waals surface area (Å²) in [4.78, 5) is 18.0. The summed E-state index contributed by atoms with van der Waals surface area (Å²) in [6.07, 6.45) is -0.656. The highest BCUT2D eigenvalue weighted by Crippen LogP contribution is 2.45. The minimum atomic E-state index is -0.917. The van der Waals surface area contributed by atoms with Gasteiger partial charge in [0.25, 0.3) is 6.04 Å². The van der Waals surface area contributed by atoms with Gasteiger partial charge in [-0.2, -0.15) is 0 Å². The molecule has 4 rings (SSSR count). The van der Waals surface area contributed by atoms with Crippen molar-refractivity contribution in [2.75, 3.05) is 5.06 Å². The van der Waals surface area contributed by atoms with E-state index < -0.39 is 18.2 Å². The van der Waals surface area contributed by atoms with Crippen LogP contribution in [0.25, 0.3) is 0 Å². The van der Waals surface area contributed by atoms with Gasteiger partial charge in [-0.25, -0.2) is 5.06 Å². The number of nitro groups is 1. The average Bonchev–Trinajstić information content (AvgIpc) is 3.11. The van der Waals surface area contributed by atoms with Crippen molar-refractivity contribution in [1.29, 1.82) is 0 Å². The Hall–Kier alpha value is -3.18. The zero-order valence-corrected chi connectivity index (χ0v) is 14.0. The maximum absolute atomic E-state index is 12.0. The third-order valence-corrected chi connectivity index (χ3v) is 4.64. The van der Waals surface area contributed by atoms with E-state index in [0.717, 1.165) is 16.8 Å². The van der Waals surface area contributed by atoms with Gasteiger partial charge >= 0.3 is 0 Å². The third kappa shape index (κ3) is 2.93. The van der Waals surface area contributed by atoms with Crippen LogP contribution in [0.5, 0.6) is 0 Å². The van der Waals surface area contributed by atoms with Crippen LogP contribution in [0, 0.1) is 10.1 Å². The second-order valence-electron chi connectivity index (χ2n) is 6.23. The number of hydrogen-bond donors (Lipinski definition) is 0. The molecule has 0 spiro atoms. The Balaban J connectivity index is 1.83. The lowest BCUT2D eigenvalue weighted by molar-refractivity contribution is -0.531. The predicted molar refractivity (Wildman–Crippen MR) is 99.2 cm³/mol. The maximum atomic E-state index is 12.0. The molecule has 1 aliphatic heterocycles. The largest absolute Gasteiger partial charge is 0.272 e. The number of hydrogen-bond acceptors (Lipinski definition) is 4. The Morgan fingerprint density at radius 1 is 0.769 bits per heavy atom. The zero-order chi connectivity index (χ0) is 17.9. The van der Waals surface area contributed by atoms with Crippen LogP contribution >= 0.6 is 0 Å². The van der Waals surface area contributed by atoms with Crippen molar-refractivity contribution in [3.63, 3.8) is 0 Å². The number of hydroxylamine groups is 1. The highest BCUT2D eigenvalue weighted by atomic mass is 16.7. The second-order valence-corrected chi connectivity index (χ2v) is 6.23. The van der Waals surface area contributed by atoms with Gasteiger partial charge in [-0.1, -0.05) is 78.9 Å². The van der Waals surface area contributed by atoms with Gasteiger partial charge in [-0.15, -0.1) is 0 Å². The Bertz CT molecular complexity index is 872. The van der Waals surface area contributed by atoms with Gasteiger partial charge in [0.2, 0.25) is 0 Å². The Morgan fingerprint density at radius 3 is 1.81 bits per heavy atom. The van der Waals surface area contributed by atoms with E-state index in [1.807, 2.05) is 91.0 Å². The van der Waals surface area contributed by atoms with Crippen LogP contribution in [-0.2, 0) is 4.84 Å². The smallest absolute Gasteiger partial charge is 0.264 e. The lowest BCUT2D eigenvalue weighted by Crippen LogP contribution is -2.32. The van der Waals surface area contributed by atoms with E-state index >= 15 is 0 Å². The molecule has 3 atom stereocenters. The fourth-order valence-corrected chi connectivity index (χ4v) is 3.46. The predicted octanol–water partition coefficient (Wildman–Crippen LogP) is 4.57. The SMILES string of the molecule is O=[N+]([O-])C1C(c2ccccc2)ON(c2ccccc2)C1c1ccccc1. The van der Waals surface area contributed by atoms with Crippen LogP contribution in [0.1, 0.15) is 23.3 Å². The van der Waals surface area contributed by atoms with E-state index in [2.05, 4.69) is 0 Å². The zero-order valence-electron chi connectivity index (χ0n) is 14.0. The van der Waals surface area contributed by atoms with Gasteiger partial charge in [0.15, 0.2) is 12.1 Å². The Labute approximate surface area is 151 Å². The summed E-state index contributed by atoms with van der Waals surface area (Å²) in [6, 6.07) is 27.0. The van der Waals surface area contributed by atoms with Crippen LogP contribution < -0.4 is 5.06 Å². The summed E-state index contributed by atoms with van der Waals surface area (Å²) in [7, 11) is 0. The molecule has 0 aromatic heterocycles. The van der Waals surface area contributed by atoms with Gasteiger partial charge in [0.05, 0.1) is 5.69 Å². The van der Waals surface area contributed by atoms with E-state index in [1.165, 1.54) is 0 Å². The quantitative estimate of drug-likeness (QED) is 0.513. The fraction of sp³-hybridized carbons (Fsp3) is 0.143. The van der Waals surface area contributed by atoms with Gasteiger partial charge < -0.3 is 0 Å². The number of benzene rings is 3. The minimum Gasteiger partial charge on any atom is -0.264 e. The number of nitrogens with zero attached hydrogens (tertiary/aromatic N) is 2.